The first-order valence-corrected chi connectivity index (χ1v) is 15.3. The lowest BCUT2D eigenvalue weighted by Crippen LogP contribution is -2.54. The fourth-order valence-electron chi connectivity index (χ4n) is 6.04. The van der Waals surface area contributed by atoms with E-state index in [0.29, 0.717) is 61.7 Å². The number of anilines is 1. The number of hydrogen-bond acceptors (Lipinski definition) is 5. The number of nitrogens with one attached hydrogen (secondary N) is 1. The minimum absolute atomic E-state index is 0.0371. The van der Waals surface area contributed by atoms with Gasteiger partial charge in [0.05, 0.1) is 22.0 Å². The van der Waals surface area contributed by atoms with Crippen LogP contribution in [0.3, 0.4) is 0 Å². The van der Waals surface area contributed by atoms with E-state index in [1.165, 1.54) is 0 Å². The molecule has 9 nitrogen and oxygen atoms in total. The molecule has 0 spiro atoms. The van der Waals surface area contributed by atoms with Crippen molar-refractivity contribution in [3.05, 3.63) is 28.3 Å². The Labute approximate surface area is 249 Å². The molecule has 10 heteroatoms. The first-order chi connectivity index (χ1) is 19.2. The fourth-order valence-corrected chi connectivity index (χ4v) is 6.28. The van der Waals surface area contributed by atoms with Gasteiger partial charge in [0.2, 0.25) is 11.8 Å². The molecule has 0 aliphatic carbocycles. The van der Waals surface area contributed by atoms with Crippen molar-refractivity contribution in [2.45, 2.75) is 111 Å². The number of rotatable bonds is 9. The third-order valence-corrected chi connectivity index (χ3v) is 8.51. The van der Waals surface area contributed by atoms with Gasteiger partial charge in [-0.2, -0.15) is 0 Å². The van der Waals surface area contributed by atoms with Gasteiger partial charge in [-0.15, -0.1) is 0 Å². The Balaban J connectivity index is 1.96. The average molecular weight is 591 g/mol. The van der Waals surface area contributed by atoms with Gasteiger partial charge in [0, 0.05) is 44.3 Å². The standard InChI is InChI=1S/C31H47ClN4O5/c1-9-26(37)33-14-16-35-25-17-22(24(32)18-23(25)31(10-2,11-3)28(35)39)27(38)36(20(4)5)21-13-12-15-34(19-21)29(40)41-30(6,7)8/h17-18,20-21H,9-16,19H2,1-8H3,(H,33,37)/t21-/m1/s1. The highest BCUT2D eigenvalue weighted by Gasteiger charge is 2.49. The van der Waals surface area contributed by atoms with E-state index in [2.05, 4.69) is 5.32 Å². The van der Waals surface area contributed by atoms with E-state index in [9.17, 15) is 19.2 Å². The number of benzene rings is 1. The summed E-state index contributed by atoms with van der Waals surface area (Å²) < 4.78 is 5.60. The highest BCUT2D eigenvalue weighted by Crippen LogP contribution is 2.48. The molecular weight excluding hydrogens is 544 g/mol. The van der Waals surface area contributed by atoms with Gasteiger partial charge in [-0.25, -0.2) is 4.79 Å². The van der Waals surface area contributed by atoms with Gasteiger partial charge in [0.25, 0.3) is 5.91 Å². The normalized spacial score (nSPS) is 18.4. The van der Waals surface area contributed by atoms with Gasteiger partial charge in [-0.05, 0) is 78.0 Å². The Morgan fingerprint density at radius 1 is 1.17 bits per heavy atom. The minimum Gasteiger partial charge on any atom is -0.444 e. The number of piperidine rings is 1. The third-order valence-electron chi connectivity index (χ3n) is 8.19. The maximum atomic E-state index is 14.2. The van der Waals surface area contributed by atoms with Crippen LogP contribution in [-0.4, -0.2) is 77.5 Å². The van der Waals surface area contributed by atoms with Crippen molar-refractivity contribution in [2.24, 2.45) is 0 Å². The molecule has 0 bridgehead atoms. The van der Waals surface area contributed by atoms with Crippen LogP contribution < -0.4 is 10.2 Å². The minimum atomic E-state index is -0.732. The average Bonchev–Trinajstić information content (AvgIpc) is 3.13. The largest absolute Gasteiger partial charge is 0.444 e. The number of halogens is 1. The molecule has 2 aliphatic heterocycles. The molecule has 0 radical (unpaired) electrons. The second-order valence-electron chi connectivity index (χ2n) is 12.3. The van der Waals surface area contributed by atoms with E-state index in [1.54, 1.807) is 33.8 Å². The quantitative estimate of drug-likeness (QED) is 0.408. The molecule has 1 saturated heterocycles. The van der Waals surface area contributed by atoms with E-state index in [-0.39, 0.29) is 35.9 Å². The van der Waals surface area contributed by atoms with E-state index in [0.717, 1.165) is 18.4 Å². The summed E-state index contributed by atoms with van der Waals surface area (Å²) in [6.07, 6.45) is 2.68. The second-order valence-corrected chi connectivity index (χ2v) is 12.7. The van der Waals surface area contributed by atoms with Crippen LogP contribution in [0.2, 0.25) is 5.02 Å². The highest BCUT2D eigenvalue weighted by molar-refractivity contribution is 6.34. The zero-order valence-electron chi connectivity index (χ0n) is 25.9. The SMILES string of the molecule is CCC(=O)NCCN1C(=O)C(CC)(CC)c2cc(Cl)c(C(=O)N(C(C)C)[C@@H]3CCCN(C(=O)OC(C)(C)C)C3)cc21. The van der Waals surface area contributed by atoms with Crippen LogP contribution in [0, 0.1) is 0 Å². The van der Waals surface area contributed by atoms with Crippen molar-refractivity contribution in [3.63, 3.8) is 0 Å². The van der Waals surface area contributed by atoms with E-state index in [1.807, 2.05) is 48.5 Å². The maximum Gasteiger partial charge on any atom is 0.410 e. The van der Waals surface area contributed by atoms with Crippen LogP contribution in [0.25, 0.3) is 0 Å². The lowest BCUT2D eigenvalue weighted by Gasteiger charge is -2.41. The number of likely N-dealkylation sites (tertiary alicyclic amines) is 1. The molecule has 0 saturated carbocycles. The summed E-state index contributed by atoms with van der Waals surface area (Å²) in [6, 6.07) is 3.17. The third kappa shape index (κ3) is 6.82. The summed E-state index contributed by atoms with van der Waals surface area (Å²) in [7, 11) is 0. The molecule has 1 N–H and O–H groups in total. The van der Waals surface area contributed by atoms with Crippen LogP contribution in [-0.2, 0) is 19.7 Å². The Morgan fingerprint density at radius 2 is 1.83 bits per heavy atom. The first-order valence-electron chi connectivity index (χ1n) is 14.9. The zero-order chi connectivity index (χ0) is 30.7. The van der Waals surface area contributed by atoms with Gasteiger partial charge in [0.15, 0.2) is 0 Å². The number of nitrogens with zero attached hydrogens (tertiary/aromatic N) is 3. The highest BCUT2D eigenvalue weighted by atomic mass is 35.5. The van der Waals surface area contributed by atoms with Crippen molar-refractivity contribution in [1.29, 1.82) is 0 Å². The summed E-state index contributed by atoms with van der Waals surface area (Å²) in [5.41, 5.74) is 0.474. The van der Waals surface area contributed by atoms with Crippen molar-refractivity contribution in [1.82, 2.24) is 15.1 Å². The molecule has 1 aromatic rings. The number of fused-ring (bicyclic) bond motifs is 1. The first kappa shape index (κ1) is 32.7. The number of carbonyl (C=O) groups excluding carboxylic acids is 4. The molecule has 228 valence electrons. The maximum absolute atomic E-state index is 14.2. The van der Waals surface area contributed by atoms with E-state index in [4.69, 9.17) is 16.3 Å². The van der Waals surface area contributed by atoms with Crippen LogP contribution in [0.5, 0.6) is 0 Å². The lowest BCUT2D eigenvalue weighted by atomic mass is 9.76. The Hall–Kier alpha value is -2.81. The Kier molecular flexibility index (Phi) is 10.4. The van der Waals surface area contributed by atoms with Crippen molar-refractivity contribution in [3.8, 4) is 0 Å². The molecule has 3 rings (SSSR count). The van der Waals surface area contributed by atoms with Gasteiger partial charge < -0.3 is 24.8 Å². The zero-order valence-corrected chi connectivity index (χ0v) is 26.7. The van der Waals surface area contributed by atoms with Crippen molar-refractivity contribution >= 4 is 41.1 Å². The number of amides is 4. The monoisotopic (exact) mass is 590 g/mol. The van der Waals surface area contributed by atoms with E-state index >= 15 is 0 Å². The van der Waals surface area contributed by atoms with Gasteiger partial charge in [-0.1, -0.05) is 32.4 Å². The van der Waals surface area contributed by atoms with Crippen LogP contribution >= 0.6 is 11.6 Å². The summed E-state index contributed by atoms with van der Waals surface area (Å²) in [6.45, 7) is 16.7. The number of carbonyl (C=O) groups is 4. The molecule has 4 amide bonds. The molecule has 1 aromatic carbocycles. The van der Waals surface area contributed by atoms with Crippen molar-refractivity contribution in [2.75, 3.05) is 31.1 Å². The molecule has 2 aliphatic rings. The van der Waals surface area contributed by atoms with Gasteiger partial charge in [-0.3, -0.25) is 14.4 Å². The Morgan fingerprint density at radius 3 is 2.39 bits per heavy atom. The molecule has 2 heterocycles. The summed E-state index contributed by atoms with van der Waals surface area (Å²) in [5, 5.41) is 3.15. The summed E-state index contributed by atoms with van der Waals surface area (Å²) >= 11 is 6.82. The topological polar surface area (TPSA) is 99.3 Å². The lowest BCUT2D eigenvalue weighted by molar-refractivity contribution is -0.124. The second kappa shape index (κ2) is 13.0. The van der Waals surface area contributed by atoms with E-state index < -0.39 is 11.0 Å². The molecular formula is C31H47ClN4O5. The smallest absolute Gasteiger partial charge is 0.410 e. The van der Waals surface area contributed by atoms with Gasteiger partial charge >= 0.3 is 6.09 Å². The predicted octanol–water partition coefficient (Wildman–Crippen LogP) is 5.52. The molecule has 1 fully saturated rings. The number of ether oxygens (including phenoxy) is 1. The molecule has 0 aromatic heterocycles. The van der Waals surface area contributed by atoms with Gasteiger partial charge in [0.1, 0.15) is 5.60 Å². The Bertz CT molecular complexity index is 1160. The summed E-state index contributed by atoms with van der Waals surface area (Å²) in [4.78, 5) is 57.8. The summed E-state index contributed by atoms with van der Waals surface area (Å²) in [5.74, 6) is -0.354. The molecule has 41 heavy (non-hydrogen) atoms. The van der Waals surface area contributed by atoms with Crippen LogP contribution in [0.15, 0.2) is 12.1 Å². The van der Waals surface area contributed by atoms with Crippen LogP contribution in [0.4, 0.5) is 10.5 Å². The molecule has 1 atom stereocenters. The number of hydrogen-bond donors (Lipinski definition) is 1. The predicted molar refractivity (Wildman–Crippen MR) is 162 cm³/mol. The fraction of sp³-hybridized carbons (Fsp3) is 0.677. The van der Waals surface area contributed by atoms with Crippen LogP contribution in [0.1, 0.15) is 103 Å². The molecule has 0 unspecified atom stereocenters. The van der Waals surface area contributed by atoms with Crippen molar-refractivity contribution < 1.29 is 23.9 Å².